The molecule has 1 unspecified atom stereocenters. The third kappa shape index (κ3) is 9.72. The van der Waals surface area contributed by atoms with Gasteiger partial charge in [0.2, 0.25) is 11.8 Å². The highest BCUT2D eigenvalue weighted by Crippen LogP contribution is 2.12. The summed E-state index contributed by atoms with van der Waals surface area (Å²) in [5, 5.41) is 23.8. The van der Waals surface area contributed by atoms with Gasteiger partial charge in [0.05, 0.1) is 0 Å². The van der Waals surface area contributed by atoms with Crippen LogP contribution in [0.3, 0.4) is 0 Å². The maximum atomic E-state index is 12.1. The number of amides is 2. The van der Waals surface area contributed by atoms with Crippen molar-refractivity contribution in [1.82, 2.24) is 10.8 Å². The number of hydrogen-bond acceptors (Lipinski definition) is 5. The van der Waals surface area contributed by atoms with Crippen molar-refractivity contribution < 1.29 is 24.7 Å². The van der Waals surface area contributed by atoms with Crippen molar-refractivity contribution >= 4 is 23.5 Å². The minimum atomic E-state index is -0.894. The number of carbonyl (C=O) groups is 3. The molecule has 0 aliphatic carbocycles. The molecule has 0 radical (unpaired) electrons. The normalized spacial score (nSPS) is 11.5. The Kier molecular flexibility index (Phi) is 10.9. The van der Waals surface area contributed by atoms with Crippen molar-refractivity contribution in [3.05, 3.63) is 65.7 Å². The van der Waals surface area contributed by atoms with Gasteiger partial charge in [-0.3, -0.25) is 19.6 Å². The molecule has 5 N–H and O–H groups in total. The molecule has 0 aromatic heterocycles. The minimum absolute atomic E-state index is 0.0715. The fraction of sp³-hybridized carbons (Fsp3) is 0.375. The summed E-state index contributed by atoms with van der Waals surface area (Å²) in [6.45, 7) is 0.409. The molecule has 0 saturated carbocycles. The van der Waals surface area contributed by atoms with E-state index in [0.717, 1.165) is 30.4 Å². The molecule has 0 aliphatic heterocycles. The van der Waals surface area contributed by atoms with Crippen LogP contribution in [0.1, 0.15) is 49.7 Å². The number of hydroxylamine groups is 1. The van der Waals surface area contributed by atoms with E-state index in [1.807, 2.05) is 42.5 Å². The van der Waals surface area contributed by atoms with E-state index >= 15 is 0 Å². The van der Waals surface area contributed by atoms with Crippen LogP contribution in [0.15, 0.2) is 54.6 Å². The highest BCUT2D eigenvalue weighted by molar-refractivity contribution is 5.90. The first-order chi connectivity index (χ1) is 15.5. The summed E-state index contributed by atoms with van der Waals surface area (Å²) in [5.41, 5.74) is 4.18. The van der Waals surface area contributed by atoms with Crippen molar-refractivity contribution in [3.8, 4) is 0 Å². The molecule has 0 bridgehead atoms. The standard InChI is InChI=1S/C24H31N3O5/c28-22(10-6-1-2-7-11-23(29)27-32)26-20-14-12-19(13-15-20)17-25-21(24(30)31)16-18-8-4-3-5-9-18/h3-5,8-9,12-15,21,25,32H,1-2,6-7,10-11,16-17H2,(H,26,28)(H,27,29)(H,30,31). The second kappa shape index (κ2) is 14.0. The second-order valence-corrected chi connectivity index (χ2v) is 7.66. The zero-order valence-corrected chi connectivity index (χ0v) is 18.0. The number of rotatable bonds is 14. The number of aliphatic carboxylic acids is 1. The van der Waals surface area contributed by atoms with Gasteiger partial charge in [0.1, 0.15) is 6.04 Å². The molecule has 0 fully saturated rings. The number of benzene rings is 2. The Morgan fingerprint density at radius 3 is 2.00 bits per heavy atom. The van der Waals surface area contributed by atoms with E-state index in [1.165, 1.54) is 0 Å². The lowest BCUT2D eigenvalue weighted by Gasteiger charge is -2.15. The number of carbonyl (C=O) groups excluding carboxylic acids is 2. The Morgan fingerprint density at radius 2 is 1.41 bits per heavy atom. The van der Waals surface area contributed by atoms with E-state index < -0.39 is 17.9 Å². The van der Waals surface area contributed by atoms with E-state index in [0.29, 0.717) is 31.5 Å². The quantitative estimate of drug-likeness (QED) is 0.174. The summed E-state index contributed by atoms with van der Waals surface area (Å²) >= 11 is 0. The molecule has 0 aliphatic rings. The average Bonchev–Trinajstić information content (AvgIpc) is 2.80. The number of carboxylic acids is 1. The third-order valence-electron chi connectivity index (χ3n) is 5.05. The van der Waals surface area contributed by atoms with Crippen LogP contribution in [0.5, 0.6) is 0 Å². The Morgan fingerprint density at radius 1 is 0.781 bits per heavy atom. The molecule has 172 valence electrons. The fourth-order valence-electron chi connectivity index (χ4n) is 3.25. The number of hydrogen-bond donors (Lipinski definition) is 5. The van der Waals surface area contributed by atoms with E-state index in [-0.39, 0.29) is 12.3 Å². The summed E-state index contributed by atoms with van der Waals surface area (Å²) in [7, 11) is 0. The van der Waals surface area contributed by atoms with Crippen LogP contribution < -0.4 is 16.1 Å². The molecule has 0 saturated heterocycles. The predicted octanol–water partition coefficient (Wildman–Crippen LogP) is 3.26. The number of anilines is 1. The SMILES string of the molecule is O=C(CCCCCCC(=O)Nc1ccc(CNC(Cc2ccccc2)C(=O)O)cc1)NO. The first-order valence-corrected chi connectivity index (χ1v) is 10.8. The van der Waals surface area contributed by atoms with Crippen LogP contribution in [0.25, 0.3) is 0 Å². The van der Waals surface area contributed by atoms with Crippen LogP contribution in [-0.2, 0) is 27.3 Å². The van der Waals surface area contributed by atoms with Gasteiger partial charge in [-0.1, -0.05) is 55.3 Å². The fourth-order valence-corrected chi connectivity index (χ4v) is 3.25. The van der Waals surface area contributed by atoms with Gasteiger partial charge in [-0.2, -0.15) is 0 Å². The van der Waals surface area contributed by atoms with Crippen LogP contribution in [0.4, 0.5) is 5.69 Å². The van der Waals surface area contributed by atoms with Crippen molar-refractivity contribution in [3.63, 3.8) is 0 Å². The second-order valence-electron chi connectivity index (χ2n) is 7.66. The lowest BCUT2D eigenvalue weighted by atomic mass is 10.1. The maximum Gasteiger partial charge on any atom is 0.321 e. The molecule has 2 amide bonds. The number of carboxylic acid groups (broad SMARTS) is 1. The van der Waals surface area contributed by atoms with Crippen molar-refractivity contribution in [2.45, 2.75) is 57.5 Å². The van der Waals surface area contributed by atoms with Crippen molar-refractivity contribution in [1.29, 1.82) is 0 Å². The molecular formula is C24H31N3O5. The van der Waals surface area contributed by atoms with Crippen LogP contribution >= 0.6 is 0 Å². The summed E-state index contributed by atoms with van der Waals surface area (Å²) in [6.07, 6.45) is 4.15. The van der Waals surface area contributed by atoms with Crippen LogP contribution in [0, 0.1) is 0 Å². The van der Waals surface area contributed by atoms with Gasteiger partial charge in [-0.15, -0.1) is 0 Å². The van der Waals surface area contributed by atoms with Crippen molar-refractivity contribution in [2.75, 3.05) is 5.32 Å². The average molecular weight is 442 g/mol. The van der Waals surface area contributed by atoms with Gasteiger partial charge in [-0.05, 0) is 42.5 Å². The van der Waals surface area contributed by atoms with Gasteiger partial charge in [0.25, 0.3) is 0 Å². The molecule has 8 heteroatoms. The third-order valence-corrected chi connectivity index (χ3v) is 5.05. The zero-order chi connectivity index (χ0) is 23.2. The maximum absolute atomic E-state index is 12.1. The monoisotopic (exact) mass is 441 g/mol. The molecule has 0 spiro atoms. The van der Waals surface area contributed by atoms with Crippen LogP contribution in [0.2, 0.25) is 0 Å². The molecule has 2 aromatic rings. The predicted molar refractivity (Wildman–Crippen MR) is 121 cm³/mol. The molecule has 2 rings (SSSR count). The lowest BCUT2D eigenvalue weighted by Crippen LogP contribution is -2.38. The highest BCUT2D eigenvalue weighted by atomic mass is 16.5. The minimum Gasteiger partial charge on any atom is -0.480 e. The Balaban J connectivity index is 1.70. The zero-order valence-electron chi connectivity index (χ0n) is 18.0. The molecule has 0 heterocycles. The van der Waals surface area contributed by atoms with E-state index in [1.54, 1.807) is 17.6 Å². The Hall–Kier alpha value is -3.23. The van der Waals surface area contributed by atoms with Gasteiger partial charge in [0, 0.05) is 25.1 Å². The topological polar surface area (TPSA) is 128 Å². The number of nitrogens with one attached hydrogen (secondary N) is 3. The van der Waals surface area contributed by atoms with E-state index in [2.05, 4.69) is 10.6 Å². The molecule has 32 heavy (non-hydrogen) atoms. The smallest absolute Gasteiger partial charge is 0.321 e. The van der Waals surface area contributed by atoms with Gasteiger partial charge in [-0.25, -0.2) is 5.48 Å². The summed E-state index contributed by atoms with van der Waals surface area (Å²) < 4.78 is 0. The van der Waals surface area contributed by atoms with Crippen molar-refractivity contribution in [2.24, 2.45) is 0 Å². The Bertz CT molecular complexity index is 856. The molecule has 2 aromatic carbocycles. The summed E-state index contributed by atoms with van der Waals surface area (Å²) in [5.74, 6) is -1.36. The summed E-state index contributed by atoms with van der Waals surface area (Å²) in [6, 6.07) is 16.1. The largest absolute Gasteiger partial charge is 0.480 e. The first kappa shape index (κ1) is 25.0. The van der Waals surface area contributed by atoms with Gasteiger partial charge < -0.3 is 15.7 Å². The van der Waals surface area contributed by atoms with E-state index in [9.17, 15) is 19.5 Å². The van der Waals surface area contributed by atoms with Crippen LogP contribution in [-0.4, -0.2) is 34.1 Å². The Labute approximate surface area is 188 Å². The molecule has 1 atom stereocenters. The summed E-state index contributed by atoms with van der Waals surface area (Å²) in [4.78, 5) is 34.5. The highest BCUT2D eigenvalue weighted by Gasteiger charge is 2.17. The molecule has 8 nitrogen and oxygen atoms in total. The first-order valence-electron chi connectivity index (χ1n) is 10.8. The number of unbranched alkanes of at least 4 members (excludes halogenated alkanes) is 3. The molecular weight excluding hydrogens is 410 g/mol. The van der Waals surface area contributed by atoms with Gasteiger partial charge >= 0.3 is 5.97 Å². The lowest BCUT2D eigenvalue weighted by molar-refractivity contribution is -0.139. The van der Waals surface area contributed by atoms with E-state index in [4.69, 9.17) is 5.21 Å². The van der Waals surface area contributed by atoms with Gasteiger partial charge in [0.15, 0.2) is 0 Å².